The van der Waals surface area contributed by atoms with Gasteiger partial charge in [-0.2, -0.15) is 0 Å². The number of hydrogen-bond acceptors (Lipinski definition) is 5. The minimum Gasteiger partial charge on any atom is -0.352 e. The SMILES string of the molecule is CC(c1ccccc1)N(CC(=O)N1CCN(c2ccc(-c3ccccc3)nn2)CC1)C(=O)c1ccccc1. The number of piperazine rings is 1. The van der Waals surface area contributed by atoms with Crippen molar-refractivity contribution in [3.05, 3.63) is 114 Å². The van der Waals surface area contributed by atoms with Crippen molar-refractivity contribution in [1.82, 2.24) is 20.0 Å². The van der Waals surface area contributed by atoms with Crippen molar-refractivity contribution in [3.8, 4) is 11.3 Å². The molecule has 7 heteroatoms. The van der Waals surface area contributed by atoms with E-state index in [4.69, 9.17) is 0 Å². The van der Waals surface area contributed by atoms with Crippen LogP contribution in [0.25, 0.3) is 11.3 Å². The van der Waals surface area contributed by atoms with Crippen LogP contribution in [0.5, 0.6) is 0 Å². The minimum atomic E-state index is -0.243. The average Bonchev–Trinajstić information content (AvgIpc) is 3.00. The van der Waals surface area contributed by atoms with Crippen LogP contribution < -0.4 is 4.90 Å². The largest absolute Gasteiger partial charge is 0.352 e. The normalized spacial score (nSPS) is 14.1. The molecule has 1 atom stereocenters. The summed E-state index contributed by atoms with van der Waals surface area (Å²) in [4.78, 5) is 32.5. The fourth-order valence-electron chi connectivity index (χ4n) is 4.73. The highest BCUT2D eigenvalue weighted by atomic mass is 16.2. The molecule has 2 heterocycles. The Labute approximate surface area is 223 Å². The van der Waals surface area contributed by atoms with E-state index < -0.39 is 0 Å². The molecule has 3 aromatic carbocycles. The van der Waals surface area contributed by atoms with Gasteiger partial charge in [-0.25, -0.2) is 0 Å². The van der Waals surface area contributed by atoms with Crippen LogP contribution in [0.15, 0.2) is 103 Å². The maximum absolute atomic E-state index is 13.5. The lowest BCUT2D eigenvalue weighted by atomic mass is 10.1. The third kappa shape index (κ3) is 5.72. The molecule has 7 nitrogen and oxygen atoms in total. The van der Waals surface area contributed by atoms with E-state index in [0.717, 1.165) is 22.6 Å². The molecule has 1 aromatic heterocycles. The number of anilines is 1. The first-order chi connectivity index (χ1) is 18.6. The van der Waals surface area contributed by atoms with Crippen molar-refractivity contribution in [3.63, 3.8) is 0 Å². The highest BCUT2D eigenvalue weighted by Gasteiger charge is 2.29. The van der Waals surface area contributed by atoms with Gasteiger partial charge in [-0.05, 0) is 36.8 Å². The number of hydrogen-bond donors (Lipinski definition) is 0. The van der Waals surface area contributed by atoms with E-state index in [2.05, 4.69) is 15.1 Å². The van der Waals surface area contributed by atoms with Crippen molar-refractivity contribution in [2.24, 2.45) is 0 Å². The number of carbonyl (C=O) groups is 2. The molecule has 192 valence electrons. The summed E-state index contributed by atoms with van der Waals surface area (Å²) in [6, 6.07) is 32.7. The molecule has 0 saturated carbocycles. The van der Waals surface area contributed by atoms with E-state index >= 15 is 0 Å². The van der Waals surface area contributed by atoms with Crippen molar-refractivity contribution >= 4 is 17.6 Å². The van der Waals surface area contributed by atoms with Crippen molar-refractivity contribution in [2.75, 3.05) is 37.6 Å². The summed E-state index contributed by atoms with van der Waals surface area (Å²) in [7, 11) is 0. The first-order valence-electron chi connectivity index (χ1n) is 12.9. The quantitative estimate of drug-likeness (QED) is 0.364. The van der Waals surface area contributed by atoms with Crippen LogP contribution in [0.2, 0.25) is 0 Å². The average molecular weight is 506 g/mol. The molecule has 1 aliphatic heterocycles. The van der Waals surface area contributed by atoms with Crippen LogP contribution in [0.4, 0.5) is 5.82 Å². The zero-order valence-corrected chi connectivity index (χ0v) is 21.5. The van der Waals surface area contributed by atoms with E-state index in [0.29, 0.717) is 31.7 Å². The molecule has 0 N–H and O–H groups in total. The van der Waals surface area contributed by atoms with Crippen molar-refractivity contribution in [2.45, 2.75) is 13.0 Å². The molecule has 2 amide bonds. The minimum absolute atomic E-state index is 0.0232. The Morgan fingerprint density at radius 3 is 1.97 bits per heavy atom. The number of carbonyl (C=O) groups excluding carboxylic acids is 2. The zero-order valence-electron chi connectivity index (χ0n) is 21.5. The Morgan fingerprint density at radius 1 is 0.763 bits per heavy atom. The van der Waals surface area contributed by atoms with E-state index in [1.54, 1.807) is 17.0 Å². The molecule has 38 heavy (non-hydrogen) atoms. The predicted molar refractivity (Wildman–Crippen MR) is 149 cm³/mol. The topological polar surface area (TPSA) is 69.6 Å². The Bertz CT molecular complexity index is 1340. The van der Waals surface area contributed by atoms with E-state index in [1.165, 1.54) is 0 Å². The molecule has 1 fully saturated rings. The smallest absolute Gasteiger partial charge is 0.254 e. The van der Waals surface area contributed by atoms with Crippen LogP contribution in [0.1, 0.15) is 28.9 Å². The van der Waals surface area contributed by atoms with E-state index in [-0.39, 0.29) is 24.4 Å². The van der Waals surface area contributed by atoms with Gasteiger partial charge in [-0.3, -0.25) is 9.59 Å². The summed E-state index contributed by atoms with van der Waals surface area (Å²) in [5.74, 6) is 0.598. The van der Waals surface area contributed by atoms with Crippen molar-refractivity contribution in [1.29, 1.82) is 0 Å². The van der Waals surface area contributed by atoms with Crippen LogP contribution >= 0.6 is 0 Å². The summed E-state index contributed by atoms with van der Waals surface area (Å²) < 4.78 is 0. The van der Waals surface area contributed by atoms with Gasteiger partial charge in [-0.1, -0.05) is 78.9 Å². The van der Waals surface area contributed by atoms with Gasteiger partial charge in [0, 0.05) is 37.3 Å². The number of nitrogens with zero attached hydrogens (tertiary/aromatic N) is 5. The first-order valence-corrected chi connectivity index (χ1v) is 12.9. The molecule has 5 rings (SSSR count). The van der Waals surface area contributed by atoms with Gasteiger partial charge in [0.15, 0.2) is 5.82 Å². The number of amides is 2. The molecular weight excluding hydrogens is 474 g/mol. The van der Waals surface area contributed by atoms with E-state index in [9.17, 15) is 9.59 Å². The molecule has 0 spiro atoms. The maximum Gasteiger partial charge on any atom is 0.254 e. The molecule has 4 aromatic rings. The van der Waals surface area contributed by atoms with Crippen LogP contribution in [0, 0.1) is 0 Å². The number of rotatable bonds is 7. The Balaban J connectivity index is 1.24. The Hall–Kier alpha value is -4.52. The third-order valence-corrected chi connectivity index (χ3v) is 7.01. The maximum atomic E-state index is 13.5. The fourth-order valence-corrected chi connectivity index (χ4v) is 4.73. The summed E-state index contributed by atoms with van der Waals surface area (Å²) in [5.41, 5.74) is 3.43. The third-order valence-electron chi connectivity index (χ3n) is 7.01. The van der Waals surface area contributed by atoms with Gasteiger partial charge >= 0.3 is 0 Å². The Morgan fingerprint density at radius 2 is 1.37 bits per heavy atom. The second kappa shape index (κ2) is 11.7. The van der Waals surface area contributed by atoms with Gasteiger partial charge in [0.2, 0.25) is 5.91 Å². The lowest BCUT2D eigenvalue weighted by Gasteiger charge is -2.37. The summed E-state index contributed by atoms with van der Waals surface area (Å²) >= 11 is 0. The van der Waals surface area contributed by atoms with Crippen LogP contribution in [-0.2, 0) is 4.79 Å². The molecule has 1 saturated heterocycles. The van der Waals surface area contributed by atoms with E-state index in [1.807, 2.05) is 103 Å². The lowest BCUT2D eigenvalue weighted by molar-refractivity contribution is -0.132. The van der Waals surface area contributed by atoms with Gasteiger partial charge in [-0.15, -0.1) is 10.2 Å². The van der Waals surface area contributed by atoms with Gasteiger partial charge in [0.25, 0.3) is 5.91 Å². The molecule has 0 aliphatic carbocycles. The van der Waals surface area contributed by atoms with Crippen LogP contribution in [0.3, 0.4) is 0 Å². The monoisotopic (exact) mass is 505 g/mol. The zero-order chi connectivity index (χ0) is 26.3. The van der Waals surface area contributed by atoms with Crippen LogP contribution in [-0.4, -0.2) is 64.5 Å². The summed E-state index contributed by atoms with van der Waals surface area (Å²) in [6.07, 6.45) is 0. The summed E-state index contributed by atoms with van der Waals surface area (Å²) in [5, 5.41) is 8.83. The molecular formula is C31H31N5O2. The molecule has 1 aliphatic rings. The molecule has 1 unspecified atom stereocenters. The highest BCUT2D eigenvalue weighted by Crippen LogP contribution is 2.23. The second-order valence-corrected chi connectivity index (χ2v) is 9.40. The van der Waals surface area contributed by atoms with Gasteiger partial charge in [0.1, 0.15) is 6.54 Å². The first kappa shape index (κ1) is 25.1. The highest BCUT2D eigenvalue weighted by molar-refractivity contribution is 5.96. The number of benzene rings is 3. The standard InChI is InChI=1S/C31H31N5O2/c1-24(25-11-5-2-6-12-25)36(31(38)27-15-9-4-10-16-27)23-30(37)35-21-19-34(20-22-35)29-18-17-28(32-33-29)26-13-7-3-8-14-26/h2-18,24H,19-23H2,1H3. The van der Waals surface area contributed by atoms with Gasteiger partial charge < -0.3 is 14.7 Å². The second-order valence-electron chi connectivity index (χ2n) is 9.40. The van der Waals surface area contributed by atoms with Gasteiger partial charge in [0.05, 0.1) is 11.7 Å². The molecule has 0 bridgehead atoms. The molecule has 0 radical (unpaired) electrons. The number of aromatic nitrogens is 2. The Kier molecular flexibility index (Phi) is 7.73. The predicted octanol–water partition coefficient (Wildman–Crippen LogP) is 4.70. The fraction of sp³-hybridized carbons (Fsp3) is 0.226. The van der Waals surface area contributed by atoms with Crippen molar-refractivity contribution < 1.29 is 9.59 Å². The lowest BCUT2D eigenvalue weighted by Crippen LogP contribution is -2.52. The summed E-state index contributed by atoms with van der Waals surface area (Å²) in [6.45, 7) is 4.44.